The van der Waals surface area contributed by atoms with Gasteiger partial charge in [0.15, 0.2) is 0 Å². The molecule has 0 amide bonds. The average Bonchev–Trinajstić information content (AvgIpc) is 2.45. The van der Waals surface area contributed by atoms with Crippen LogP contribution in [0.3, 0.4) is 0 Å². The molecule has 4 heteroatoms. The average molecular weight is 358 g/mol. The maximum atomic E-state index is 6.02. The molecule has 0 saturated heterocycles. The highest BCUT2D eigenvalue weighted by Gasteiger charge is 2.07. The van der Waals surface area contributed by atoms with Gasteiger partial charge in [0.1, 0.15) is 12.4 Å². The van der Waals surface area contributed by atoms with E-state index in [9.17, 15) is 0 Å². The van der Waals surface area contributed by atoms with Gasteiger partial charge in [0, 0.05) is 17.1 Å². The molecule has 0 aliphatic carbocycles. The van der Waals surface area contributed by atoms with Crippen LogP contribution in [0.5, 0.6) is 5.75 Å². The van der Waals surface area contributed by atoms with Gasteiger partial charge in [-0.25, -0.2) is 0 Å². The third kappa shape index (κ3) is 7.84. The van der Waals surface area contributed by atoms with Gasteiger partial charge in [-0.2, -0.15) is 0 Å². The van der Waals surface area contributed by atoms with E-state index >= 15 is 0 Å². The molecule has 0 bridgehead atoms. The highest BCUT2D eigenvalue weighted by molar-refractivity contribution is 9.10. The zero-order chi connectivity index (χ0) is 15.7. The van der Waals surface area contributed by atoms with E-state index in [1.165, 1.54) is 5.56 Å². The van der Waals surface area contributed by atoms with Crippen LogP contribution in [0.25, 0.3) is 0 Å². The summed E-state index contributed by atoms with van der Waals surface area (Å²) in [6.45, 7) is 8.52. The molecule has 0 fully saturated rings. The fraction of sp³-hybridized carbons (Fsp3) is 0.647. The summed E-state index contributed by atoms with van der Waals surface area (Å²) in [5, 5.41) is 0. The van der Waals surface area contributed by atoms with Crippen molar-refractivity contribution in [3.63, 3.8) is 0 Å². The van der Waals surface area contributed by atoms with E-state index in [4.69, 9.17) is 15.2 Å². The van der Waals surface area contributed by atoms with Crippen LogP contribution >= 0.6 is 15.9 Å². The van der Waals surface area contributed by atoms with Crippen molar-refractivity contribution < 1.29 is 9.47 Å². The number of benzene rings is 1. The number of halogens is 1. The zero-order valence-corrected chi connectivity index (χ0v) is 15.0. The second kappa shape index (κ2) is 10.2. The van der Waals surface area contributed by atoms with Crippen LogP contribution in [0, 0.1) is 5.92 Å². The van der Waals surface area contributed by atoms with Gasteiger partial charge in [-0.3, -0.25) is 0 Å². The molecule has 3 nitrogen and oxygen atoms in total. The third-order valence-electron chi connectivity index (χ3n) is 3.36. The molecule has 0 radical (unpaired) electrons. The molecule has 21 heavy (non-hydrogen) atoms. The van der Waals surface area contributed by atoms with Crippen LogP contribution in [0.2, 0.25) is 0 Å². The van der Waals surface area contributed by atoms with Gasteiger partial charge in [0.25, 0.3) is 0 Å². The van der Waals surface area contributed by atoms with Gasteiger partial charge in [0.05, 0.1) is 6.61 Å². The predicted molar refractivity (Wildman–Crippen MR) is 91.9 cm³/mol. The van der Waals surface area contributed by atoms with Gasteiger partial charge in [0.2, 0.25) is 0 Å². The van der Waals surface area contributed by atoms with Gasteiger partial charge in [-0.15, -0.1) is 0 Å². The minimum Gasteiger partial charge on any atom is -0.491 e. The zero-order valence-electron chi connectivity index (χ0n) is 13.4. The minimum atomic E-state index is 0.191. The topological polar surface area (TPSA) is 44.5 Å². The Kier molecular flexibility index (Phi) is 8.97. The van der Waals surface area contributed by atoms with E-state index in [1.807, 2.05) is 12.1 Å². The smallest absolute Gasteiger partial charge is 0.119 e. The van der Waals surface area contributed by atoms with Crippen molar-refractivity contribution in [1.29, 1.82) is 0 Å². The summed E-state index contributed by atoms with van der Waals surface area (Å²) in [5.74, 6) is 1.56. The lowest BCUT2D eigenvalue weighted by Gasteiger charge is -2.13. The largest absolute Gasteiger partial charge is 0.491 e. The molecule has 1 unspecified atom stereocenters. The van der Waals surface area contributed by atoms with Crippen molar-refractivity contribution in [3.05, 3.63) is 28.2 Å². The van der Waals surface area contributed by atoms with Gasteiger partial charge in [-0.05, 0) is 48.9 Å². The predicted octanol–water partition coefficient (Wildman–Crippen LogP) is 4.17. The Balaban J connectivity index is 2.36. The quantitative estimate of drug-likeness (QED) is 0.639. The number of hydrogen-bond donors (Lipinski definition) is 1. The molecule has 2 N–H and O–H groups in total. The number of nitrogens with two attached hydrogens (primary N) is 1. The summed E-state index contributed by atoms with van der Waals surface area (Å²) in [4.78, 5) is 0. The van der Waals surface area contributed by atoms with E-state index in [0.29, 0.717) is 19.1 Å². The summed E-state index contributed by atoms with van der Waals surface area (Å²) in [5.41, 5.74) is 7.22. The second-order valence-corrected chi connectivity index (χ2v) is 6.62. The summed E-state index contributed by atoms with van der Waals surface area (Å²) in [6, 6.07) is 6.25. The summed E-state index contributed by atoms with van der Waals surface area (Å²) in [6.07, 6.45) is 2.93. The lowest BCUT2D eigenvalue weighted by Crippen LogP contribution is -2.21. The number of ether oxygens (including phenoxy) is 2. The molecule has 0 saturated carbocycles. The minimum absolute atomic E-state index is 0.191. The van der Waals surface area contributed by atoms with Crippen LogP contribution in [-0.4, -0.2) is 25.9 Å². The summed E-state index contributed by atoms with van der Waals surface area (Å²) >= 11 is 3.57. The Morgan fingerprint density at radius 1 is 1.19 bits per heavy atom. The van der Waals surface area contributed by atoms with Crippen molar-refractivity contribution in [2.24, 2.45) is 11.7 Å². The van der Waals surface area contributed by atoms with Crippen molar-refractivity contribution in [2.45, 2.75) is 46.1 Å². The molecule has 0 aromatic heterocycles. The fourth-order valence-corrected chi connectivity index (χ4v) is 2.27. The van der Waals surface area contributed by atoms with Gasteiger partial charge < -0.3 is 15.2 Å². The van der Waals surface area contributed by atoms with E-state index in [1.54, 1.807) is 0 Å². The third-order valence-corrected chi connectivity index (χ3v) is 4.13. The Labute approximate surface area is 137 Å². The molecule has 0 heterocycles. The van der Waals surface area contributed by atoms with E-state index in [0.717, 1.165) is 36.1 Å². The van der Waals surface area contributed by atoms with Crippen molar-refractivity contribution in [3.8, 4) is 5.75 Å². The molecule has 1 aromatic rings. The molecule has 0 aliphatic rings. The molecule has 1 aromatic carbocycles. The van der Waals surface area contributed by atoms with E-state index < -0.39 is 0 Å². The normalized spacial score (nSPS) is 12.7. The maximum Gasteiger partial charge on any atom is 0.119 e. The Morgan fingerprint density at radius 3 is 2.62 bits per heavy atom. The SMILES string of the molecule is CCC(N)Cc1cc(OCCOCCC(C)C)ccc1Br. The monoisotopic (exact) mass is 357 g/mol. The first kappa shape index (κ1) is 18.5. The number of rotatable bonds is 10. The molecular weight excluding hydrogens is 330 g/mol. The van der Waals surface area contributed by atoms with Crippen molar-refractivity contribution in [2.75, 3.05) is 19.8 Å². The molecule has 0 spiro atoms. The summed E-state index contributed by atoms with van der Waals surface area (Å²) < 4.78 is 12.4. The van der Waals surface area contributed by atoms with Gasteiger partial charge in [-0.1, -0.05) is 36.7 Å². The fourth-order valence-electron chi connectivity index (χ4n) is 1.86. The Morgan fingerprint density at radius 2 is 1.95 bits per heavy atom. The highest BCUT2D eigenvalue weighted by atomic mass is 79.9. The molecule has 0 aliphatic heterocycles. The lowest BCUT2D eigenvalue weighted by molar-refractivity contribution is 0.0925. The molecule has 1 atom stereocenters. The summed E-state index contributed by atoms with van der Waals surface area (Å²) in [7, 11) is 0. The first-order chi connectivity index (χ1) is 10.0. The van der Waals surface area contributed by atoms with Crippen LogP contribution in [-0.2, 0) is 11.2 Å². The van der Waals surface area contributed by atoms with Crippen LogP contribution in [0.1, 0.15) is 39.2 Å². The molecular formula is C17H28BrNO2. The van der Waals surface area contributed by atoms with Crippen LogP contribution < -0.4 is 10.5 Å². The van der Waals surface area contributed by atoms with Crippen LogP contribution in [0.4, 0.5) is 0 Å². The van der Waals surface area contributed by atoms with E-state index in [2.05, 4.69) is 42.8 Å². The van der Waals surface area contributed by atoms with Crippen molar-refractivity contribution in [1.82, 2.24) is 0 Å². The van der Waals surface area contributed by atoms with Gasteiger partial charge >= 0.3 is 0 Å². The molecule has 120 valence electrons. The second-order valence-electron chi connectivity index (χ2n) is 5.77. The molecule has 1 rings (SSSR count). The first-order valence-corrected chi connectivity index (χ1v) is 8.56. The Bertz CT molecular complexity index is 410. The Hall–Kier alpha value is -0.580. The van der Waals surface area contributed by atoms with Crippen molar-refractivity contribution >= 4 is 15.9 Å². The van der Waals surface area contributed by atoms with Crippen LogP contribution in [0.15, 0.2) is 22.7 Å². The highest BCUT2D eigenvalue weighted by Crippen LogP contribution is 2.24. The van der Waals surface area contributed by atoms with E-state index in [-0.39, 0.29) is 6.04 Å². The lowest BCUT2D eigenvalue weighted by atomic mass is 10.0. The maximum absolute atomic E-state index is 6.02. The standard InChI is InChI=1S/C17H28BrNO2/c1-4-15(19)11-14-12-16(5-6-17(14)18)21-10-9-20-8-7-13(2)3/h5-6,12-13,15H,4,7-11,19H2,1-3H3. The number of hydrogen-bond acceptors (Lipinski definition) is 3. The first-order valence-electron chi connectivity index (χ1n) is 7.77.